The van der Waals surface area contributed by atoms with Crippen LogP contribution in [0.2, 0.25) is 0 Å². The van der Waals surface area contributed by atoms with E-state index < -0.39 is 0 Å². The molecule has 1 aliphatic rings. The van der Waals surface area contributed by atoms with Gasteiger partial charge < -0.3 is 4.74 Å². The molecule has 0 unspecified atom stereocenters. The molecule has 2 rings (SSSR count). The predicted octanol–water partition coefficient (Wildman–Crippen LogP) is 3.79. The molecule has 1 aromatic rings. The Morgan fingerprint density at radius 1 is 1.14 bits per heavy atom. The molecule has 74 valence electrons. The van der Waals surface area contributed by atoms with E-state index >= 15 is 0 Å². The number of allylic oxidation sites excluding steroid dienone is 2. The minimum atomic E-state index is 0.679. The summed E-state index contributed by atoms with van der Waals surface area (Å²) in [5.74, 6) is 1.64. The molecule has 0 N–H and O–H groups in total. The lowest BCUT2D eigenvalue weighted by molar-refractivity contribution is 0.256. The van der Waals surface area contributed by atoms with E-state index in [1.807, 2.05) is 24.3 Å². The van der Waals surface area contributed by atoms with Gasteiger partial charge in [0.2, 0.25) is 0 Å². The summed E-state index contributed by atoms with van der Waals surface area (Å²) in [4.78, 5) is 0. The molecule has 1 aromatic carbocycles. The van der Waals surface area contributed by atoms with Crippen molar-refractivity contribution in [3.05, 3.63) is 40.9 Å². The molecule has 1 nitrogen and oxygen atoms in total. The fourth-order valence-electron chi connectivity index (χ4n) is 1.55. The third kappa shape index (κ3) is 2.61. The van der Waals surface area contributed by atoms with Gasteiger partial charge in [0, 0.05) is 4.47 Å². The summed E-state index contributed by atoms with van der Waals surface area (Å²) in [7, 11) is 0. The normalized spacial score (nSPS) is 16.1. The summed E-state index contributed by atoms with van der Waals surface area (Å²) in [6.45, 7) is 0.828. The third-order valence-electron chi connectivity index (χ3n) is 2.40. The average molecular weight is 253 g/mol. The molecule has 0 saturated heterocycles. The molecule has 0 saturated carbocycles. The minimum Gasteiger partial charge on any atom is -0.493 e. The largest absolute Gasteiger partial charge is 0.493 e. The van der Waals surface area contributed by atoms with Crippen molar-refractivity contribution in [1.29, 1.82) is 0 Å². The average Bonchev–Trinajstić information content (AvgIpc) is 2.70. The Hall–Kier alpha value is -0.760. The van der Waals surface area contributed by atoms with E-state index in [0.29, 0.717) is 5.92 Å². The van der Waals surface area contributed by atoms with Gasteiger partial charge in [-0.3, -0.25) is 0 Å². The molecule has 1 aliphatic carbocycles. The zero-order chi connectivity index (χ0) is 9.80. The zero-order valence-electron chi connectivity index (χ0n) is 7.95. The lowest BCUT2D eigenvalue weighted by Crippen LogP contribution is -2.08. The highest BCUT2D eigenvalue weighted by Crippen LogP contribution is 2.21. The Labute approximate surface area is 92.9 Å². The molecule has 0 radical (unpaired) electrons. The van der Waals surface area contributed by atoms with E-state index in [0.717, 1.165) is 29.7 Å². The molecule has 0 aliphatic heterocycles. The van der Waals surface area contributed by atoms with Crippen LogP contribution < -0.4 is 4.74 Å². The molecule has 0 bridgehead atoms. The molecule has 2 heteroatoms. The van der Waals surface area contributed by atoms with Crippen LogP contribution in [0.1, 0.15) is 12.8 Å². The van der Waals surface area contributed by atoms with Gasteiger partial charge in [-0.25, -0.2) is 0 Å². The molecule has 0 heterocycles. The van der Waals surface area contributed by atoms with Crippen molar-refractivity contribution in [2.24, 2.45) is 5.92 Å². The number of hydrogen-bond acceptors (Lipinski definition) is 1. The van der Waals surface area contributed by atoms with Gasteiger partial charge in [0.05, 0.1) is 6.61 Å². The molecule has 14 heavy (non-hydrogen) atoms. The second-order valence-electron chi connectivity index (χ2n) is 3.57. The van der Waals surface area contributed by atoms with Crippen LogP contribution in [-0.2, 0) is 0 Å². The first kappa shape index (κ1) is 9.78. The molecule has 0 fully saturated rings. The van der Waals surface area contributed by atoms with Crippen LogP contribution in [0.25, 0.3) is 0 Å². The highest BCUT2D eigenvalue weighted by Gasteiger charge is 2.10. The molecule has 0 atom stereocenters. The van der Waals surface area contributed by atoms with Crippen molar-refractivity contribution in [2.45, 2.75) is 12.8 Å². The van der Waals surface area contributed by atoms with E-state index in [9.17, 15) is 0 Å². The van der Waals surface area contributed by atoms with Crippen LogP contribution in [0.15, 0.2) is 40.9 Å². The number of ether oxygens (including phenoxy) is 1. The smallest absolute Gasteiger partial charge is 0.119 e. The van der Waals surface area contributed by atoms with Crippen LogP contribution >= 0.6 is 15.9 Å². The lowest BCUT2D eigenvalue weighted by atomic mass is 10.1. The molecule has 0 amide bonds. The molecular formula is C12H13BrO. The predicted molar refractivity (Wildman–Crippen MR) is 61.5 cm³/mol. The van der Waals surface area contributed by atoms with E-state index in [4.69, 9.17) is 4.74 Å². The van der Waals surface area contributed by atoms with Gasteiger partial charge in [-0.1, -0.05) is 28.1 Å². The van der Waals surface area contributed by atoms with Crippen LogP contribution in [0.4, 0.5) is 0 Å². The number of rotatable bonds is 3. The summed E-state index contributed by atoms with van der Waals surface area (Å²) in [5.41, 5.74) is 0. The minimum absolute atomic E-state index is 0.679. The summed E-state index contributed by atoms with van der Waals surface area (Å²) in [5, 5.41) is 0. The highest BCUT2D eigenvalue weighted by molar-refractivity contribution is 9.10. The van der Waals surface area contributed by atoms with Crippen LogP contribution in [-0.4, -0.2) is 6.61 Å². The summed E-state index contributed by atoms with van der Waals surface area (Å²) < 4.78 is 6.77. The Kier molecular flexibility index (Phi) is 3.25. The van der Waals surface area contributed by atoms with Crippen molar-refractivity contribution in [2.75, 3.05) is 6.61 Å². The number of hydrogen-bond donors (Lipinski definition) is 0. The number of benzene rings is 1. The monoisotopic (exact) mass is 252 g/mol. The Bertz CT molecular complexity index is 308. The van der Waals surface area contributed by atoms with Crippen LogP contribution in [0.3, 0.4) is 0 Å². The van der Waals surface area contributed by atoms with Crippen molar-refractivity contribution in [3.63, 3.8) is 0 Å². The third-order valence-corrected chi connectivity index (χ3v) is 2.93. The van der Waals surface area contributed by atoms with Crippen molar-refractivity contribution in [3.8, 4) is 5.75 Å². The second-order valence-corrected chi connectivity index (χ2v) is 4.49. The van der Waals surface area contributed by atoms with Gasteiger partial charge in [0.1, 0.15) is 5.75 Å². The van der Waals surface area contributed by atoms with Crippen molar-refractivity contribution in [1.82, 2.24) is 0 Å². The fraction of sp³-hybridized carbons (Fsp3) is 0.333. The SMILES string of the molecule is Brc1ccc(OCC2CC=CC2)cc1. The van der Waals surface area contributed by atoms with Gasteiger partial charge in [-0.05, 0) is 43.0 Å². The molecule has 0 spiro atoms. The van der Waals surface area contributed by atoms with E-state index in [2.05, 4.69) is 28.1 Å². The second kappa shape index (κ2) is 4.65. The van der Waals surface area contributed by atoms with E-state index in [-0.39, 0.29) is 0 Å². The standard InChI is InChI=1S/C12H13BrO/c13-11-5-7-12(8-6-11)14-9-10-3-1-2-4-10/h1-2,5-8,10H,3-4,9H2. The molecule has 0 aromatic heterocycles. The van der Waals surface area contributed by atoms with E-state index in [1.165, 1.54) is 0 Å². The Balaban J connectivity index is 1.82. The highest BCUT2D eigenvalue weighted by atomic mass is 79.9. The van der Waals surface area contributed by atoms with Gasteiger partial charge in [0.15, 0.2) is 0 Å². The molecular weight excluding hydrogens is 240 g/mol. The van der Waals surface area contributed by atoms with Gasteiger partial charge >= 0.3 is 0 Å². The maximum absolute atomic E-state index is 5.68. The van der Waals surface area contributed by atoms with Crippen LogP contribution in [0.5, 0.6) is 5.75 Å². The Morgan fingerprint density at radius 3 is 2.43 bits per heavy atom. The first-order chi connectivity index (χ1) is 6.84. The van der Waals surface area contributed by atoms with E-state index in [1.54, 1.807) is 0 Å². The van der Waals surface area contributed by atoms with Crippen molar-refractivity contribution >= 4 is 15.9 Å². The summed E-state index contributed by atoms with van der Waals surface area (Å²) in [6, 6.07) is 7.99. The summed E-state index contributed by atoms with van der Waals surface area (Å²) in [6.07, 6.45) is 6.79. The van der Waals surface area contributed by atoms with Crippen molar-refractivity contribution < 1.29 is 4.74 Å². The first-order valence-electron chi connectivity index (χ1n) is 4.88. The topological polar surface area (TPSA) is 9.23 Å². The fourth-order valence-corrected chi connectivity index (χ4v) is 1.82. The summed E-state index contributed by atoms with van der Waals surface area (Å²) >= 11 is 3.40. The maximum Gasteiger partial charge on any atom is 0.119 e. The Morgan fingerprint density at radius 2 is 1.79 bits per heavy atom. The first-order valence-corrected chi connectivity index (χ1v) is 5.67. The number of halogens is 1. The zero-order valence-corrected chi connectivity index (χ0v) is 9.53. The maximum atomic E-state index is 5.68. The van der Waals surface area contributed by atoms with Gasteiger partial charge in [0.25, 0.3) is 0 Å². The van der Waals surface area contributed by atoms with Gasteiger partial charge in [-0.15, -0.1) is 0 Å². The van der Waals surface area contributed by atoms with Gasteiger partial charge in [-0.2, -0.15) is 0 Å². The van der Waals surface area contributed by atoms with Crippen LogP contribution in [0, 0.1) is 5.92 Å². The lowest BCUT2D eigenvalue weighted by Gasteiger charge is -2.11. The quantitative estimate of drug-likeness (QED) is 0.744.